The average molecular weight is 509 g/mol. The minimum Gasteiger partial charge on any atom is -0.484 e. The average Bonchev–Trinajstić information content (AvgIpc) is 2.87. The SMILES string of the molecule is C[C@@H](NC(=O)COc1ccc(/C=N\NC(=O)CN(c2ccccc2)S(C)(=O)=O)cc1)c1ccccc1. The van der Waals surface area contributed by atoms with Gasteiger partial charge in [-0.1, -0.05) is 48.5 Å². The Balaban J connectivity index is 1.46. The maximum Gasteiger partial charge on any atom is 0.260 e. The molecule has 3 aromatic rings. The molecule has 9 nitrogen and oxygen atoms in total. The van der Waals surface area contributed by atoms with Gasteiger partial charge in [0.2, 0.25) is 10.0 Å². The topological polar surface area (TPSA) is 117 Å². The number of carbonyl (C=O) groups is 2. The molecule has 0 aliphatic carbocycles. The number of carbonyl (C=O) groups excluding carboxylic acids is 2. The molecule has 188 valence electrons. The molecule has 0 fully saturated rings. The zero-order chi connectivity index (χ0) is 26.0. The lowest BCUT2D eigenvalue weighted by Gasteiger charge is -2.21. The molecule has 1 atom stereocenters. The molecular formula is C26H28N4O5S. The van der Waals surface area contributed by atoms with E-state index in [0.717, 1.165) is 16.1 Å². The van der Waals surface area contributed by atoms with E-state index in [-0.39, 0.29) is 18.6 Å². The van der Waals surface area contributed by atoms with E-state index in [4.69, 9.17) is 4.74 Å². The Labute approximate surface area is 210 Å². The van der Waals surface area contributed by atoms with Crippen LogP contribution in [0.4, 0.5) is 5.69 Å². The van der Waals surface area contributed by atoms with Crippen LogP contribution in [0.25, 0.3) is 0 Å². The number of sulfonamides is 1. The van der Waals surface area contributed by atoms with Crippen LogP contribution in [0.1, 0.15) is 24.1 Å². The van der Waals surface area contributed by atoms with E-state index >= 15 is 0 Å². The minimum absolute atomic E-state index is 0.126. The highest BCUT2D eigenvalue weighted by atomic mass is 32.2. The number of nitrogens with one attached hydrogen (secondary N) is 2. The summed E-state index contributed by atoms with van der Waals surface area (Å²) in [5.41, 5.74) is 4.40. The molecule has 0 saturated heterocycles. The van der Waals surface area contributed by atoms with Crippen LogP contribution in [0.2, 0.25) is 0 Å². The fourth-order valence-corrected chi connectivity index (χ4v) is 4.10. The van der Waals surface area contributed by atoms with Crippen molar-refractivity contribution in [2.45, 2.75) is 13.0 Å². The molecule has 0 aliphatic rings. The third kappa shape index (κ3) is 8.24. The molecule has 0 aromatic heterocycles. The van der Waals surface area contributed by atoms with Crippen molar-refractivity contribution in [3.05, 3.63) is 96.1 Å². The molecule has 36 heavy (non-hydrogen) atoms. The fraction of sp³-hybridized carbons (Fsp3) is 0.192. The van der Waals surface area contributed by atoms with Crippen molar-refractivity contribution in [2.75, 3.05) is 23.7 Å². The van der Waals surface area contributed by atoms with E-state index in [9.17, 15) is 18.0 Å². The molecule has 10 heteroatoms. The maximum atomic E-state index is 12.2. The van der Waals surface area contributed by atoms with Crippen molar-refractivity contribution < 1.29 is 22.7 Å². The largest absolute Gasteiger partial charge is 0.484 e. The van der Waals surface area contributed by atoms with Crippen LogP contribution in [0, 0.1) is 0 Å². The van der Waals surface area contributed by atoms with Crippen molar-refractivity contribution in [3.8, 4) is 5.75 Å². The number of nitrogens with zero attached hydrogens (tertiary/aromatic N) is 2. The van der Waals surface area contributed by atoms with Gasteiger partial charge in [-0.25, -0.2) is 13.8 Å². The molecule has 3 aromatic carbocycles. The number of hydrogen-bond donors (Lipinski definition) is 2. The van der Waals surface area contributed by atoms with Crippen molar-refractivity contribution in [3.63, 3.8) is 0 Å². The van der Waals surface area contributed by atoms with Gasteiger partial charge in [0.05, 0.1) is 24.2 Å². The van der Waals surface area contributed by atoms with Gasteiger partial charge >= 0.3 is 0 Å². The lowest BCUT2D eigenvalue weighted by atomic mass is 10.1. The van der Waals surface area contributed by atoms with Crippen molar-refractivity contribution in [1.29, 1.82) is 0 Å². The number of hydrazone groups is 1. The number of anilines is 1. The Kier molecular flexibility index (Phi) is 9.18. The third-order valence-electron chi connectivity index (χ3n) is 5.06. The summed E-state index contributed by atoms with van der Waals surface area (Å²) in [5.74, 6) is -0.320. The highest BCUT2D eigenvalue weighted by Crippen LogP contribution is 2.16. The quantitative estimate of drug-likeness (QED) is 0.305. The van der Waals surface area contributed by atoms with E-state index in [1.807, 2.05) is 37.3 Å². The first-order chi connectivity index (χ1) is 17.2. The van der Waals surface area contributed by atoms with Gasteiger partial charge in [0.25, 0.3) is 11.8 Å². The smallest absolute Gasteiger partial charge is 0.260 e. The summed E-state index contributed by atoms with van der Waals surface area (Å²) in [6.07, 6.45) is 2.46. The van der Waals surface area contributed by atoms with Gasteiger partial charge in [-0.3, -0.25) is 13.9 Å². The molecule has 0 radical (unpaired) electrons. The van der Waals surface area contributed by atoms with E-state index in [0.29, 0.717) is 17.0 Å². The van der Waals surface area contributed by atoms with Crippen LogP contribution < -0.4 is 19.8 Å². The second-order valence-electron chi connectivity index (χ2n) is 7.96. The van der Waals surface area contributed by atoms with E-state index in [1.54, 1.807) is 54.6 Å². The molecule has 0 unspecified atom stereocenters. The molecule has 0 heterocycles. The fourth-order valence-electron chi connectivity index (χ4n) is 3.25. The van der Waals surface area contributed by atoms with Gasteiger partial charge in [0.1, 0.15) is 12.3 Å². The number of benzene rings is 3. The molecule has 2 amide bonds. The predicted molar refractivity (Wildman–Crippen MR) is 139 cm³/mol. The summed E-state index contributed by atoms with van der Waals surface area (Å²) in [6.45, 7) is 1.37. The van der Waals surface area contributed by atoms with Crippen LogP contribution in [0.5, 0.6) is 5.75 Å². The van der Waals surface area contributed by atoms with Gasteiger partial charge in [0.15, 0.2) is 6.61 Å². The molecule has 0 aliphatic heterocycles. The Hall–Kier alpha value is -4.18. The Morgan fingerprint density at radius 1 is 0.944 bits per heavy atom. The van der Waals surface area contributed by atoms with E-state index in [2.05, 4.69) is 15.8 Å². The van der Waals surface area contributed by atoms with Crippen molar-refractivity contribution in [2.24, 2.45) is 5.10 Å². The summed E-state index contributed by atoms with van der Waals surface area (Å²) in [4.78, 5) is 24.4. The zero-order valence-corrected chi connectivity index (χ0v) is 20.8. The van der Waals surface area contributed by atoms with Gasteiger partial charge in [-0.15, -0.1) is 0 Å². The van der Waals surface area contributed by atoms with Crippen molar-refractivity contribution in [1.82, 2.24) is 10.7 Å². The Morgan fingerprint density at radius 2 is 1.56 bits per heavy atom. The van der Waals surface area contributed by atoms with Crippen LogP contribution >= 0.6 is 0 Å². The van der Waals surface area contributed by atoms with E-state index < -0.39 is 22.5 Å². The third-order valence-corrected chi connectivity index (χ3v) is 6.20. The minimum atomic E-state index is -3.65. The number of para-hydroxylation sites is 1. The predicted octanol–water partition coefficient (Wildman–Crippen LogP) is 2.86. The van der Waals surface area contributed by atoms with Gasteiger partial charge in [-0.2, -0.15) is 5.10 Å². The van der Waals surface area contributed by atoms with Crippen LogP contribution in [0.15, 0.2) is 90.0 Å². The molecule has 3 rings (SSSR count). The van der Waals surface area contributed by atoms with Crippen molar-refractivity contribution >= 4 is 33.7 Å². The molecule has 0 spiro atoms. The van der Waals surface area contributed by atoms with Gasteiger partial charge < -0.3 is 10.1 Å². The zero-order valence-electron chi connectivity index (χ0n) is 20.0. The summed E-state index contributed by atoms with van der Waals surface area (Å²) >= 11 is 0. The number of rotatable bonds is 11. The first-order valence-electron chi connectivity index (χ1n) is 11.1. The first-order valence-corrected chi connectivity index (χ1v) is 13.0. The number of amides is 2. The summed E-state index contributed by atoms with van der Waals surface area (Å²) in [7, 11) is -3.65. The summed E-state index contributed by atoms with van der Waals surface area (Å²) in [6, 6.07) is 24.6. The molecular weight excluding hydrogens is 480 g/mol. The second-order valence-corrected chi connectivity index (χ2v) is 9.86. The van der Waals surface area contributed by atoms with Crippen LogP contribution in [-0.2, 0) is 19.6 Å². The molecule has 0 saturated carbocycles. The summed E-state index contributed by atoms with van der Waals surface area (Å²) < 4.78 is 30.7. The lowest BCUT2D eigenvalue weighted by molar-refractivity contribution is -0.123. The van der Waals surface area contributed by atoms with Crippen LogP contribution in [0.3, 0.4) is 0 Å². The Bertz CT molecular complexity index is 1280. The summed E-state index contributed by atoms with van der Waals surface area (Å²) in [5, 5.41) is 6.77. The standard InChI is InChI=1S/C26H28N4O5S/c1-20(22-9-5-3-6-10-22)28-26(32)19-35-24-15-13-21(14-16-24)17-27-29-25(31)18-30(36(2,33)34)23-11-7-4-8-12-23/h3-17,20H,18-19H2,1-2H3,(H,28,32)(H,29,31)/b27-17-/t20-/m1/s1. The molecule has 0 bridgehead atoms. The van der Waals surface area contributed by atoms with Gasteiger partial charge in [0, 0.05) is 0 Å². The lowest BCUT2D eigenvalue weighted by Crippen LogP contribution is -2.38. The van der Waals surface area contributed by atoms with E-state index in [1.165, 1.54) is 6.21 Å². The normalized spacial score (nSPS) is 12.1. The first kappa shape index (κ1) is 26.4. The second kappa shape index (κ2) is 12.5. The molecule has 2 N–H and O–H groups in total. The van der Waals surface area contributed by atoms with Gasteiger partial charge in [-0.05, 0) is 54.4 Å². The van der Waals surface area contributed by atoms with Crippen LogP contribution in [-0.4, -0.2) is 45.9 Å². The number of hydrogen-bond acceptors (Lipinski definition) is 6. The Morgan fingerprint density at radius 3 is 2.17 bits per heavy atom. The number of ether oxygens (including phenoxy) is 1. The highest BCUT2D eigenvalue weighted by Gasteiger charge is 2.20. The monoisotopic (exact) mass is 508 g/mol. The highest BCUT2D eigenvalue weighted by molar-refractivity contribution is 7.92. The maximum absolute atomic E-state index is 12.2.